The minimum Gasteiger partial charge on any atom is -0.506 e. The van der Waals surface area contributed by atoms with E-state index in [2.05, 4.69) is 36.2 Å². The van der Waals surface area contributed by atoms with E-state index in [-0.39, 0.29) is 23.7 Å². The standard InChI is InChI=1S/C21H23N3O4/c1-13-22-19(24-28-13)12-27-16-8-5-14(6-9-16)20(26)23-17-11-15(21(2,3)4)7-10-18(17)25/h5-11,25H,12H2,1-4H3,(H,23,26). The number of anilines is 1. The summed E-state index contributed by atoms with van der Waals surface area (Å²) in [5.41, 5.74) is 1.75. The molecule has 0 aliphatic rings. The van der Waals surface area contributed by atoms with Crippen molar-refractivity contribution in [3.05, 3.63) is 65.3 Å². The summed E-state index contributed by atoms with van der Waals surface area (Å²) >= 11 is 0. The Labute approximate surface area is 163 Å². The van der Waals surface area contributed by atoms with Gasteiger partial charge in [0.2, 0.25) is 11.7 Å². The maximum absolute atomic E-state index is 12.5. The minimum absolute atomic E-state index is 0.0247. The number of rotatable bonds is 5. The maximum atomic E-state index is 12.5. The number of aryl methyl sites for hydroxylation is 1. The number of phenols is 1. The number of hydrogen-bond acceptors (Lipinski definition) is 6. The van der Waals surface area contributed by atoms with Crippen molar-refractivity contribution in [2.45, 2.75) is 39.7 Å². The zero-order chi connectivity index (χ0) is 20.3. The van der Waals surface area contributed by atoms with Crippen molar-refractivity contribution in [1.82, 2.24) is 10.1 Å². The van der Waals surface area contributed by atoms with Crippen LogP contribution in [0.25, 0.3) is 0 Å². The van der Waals surface area contributed by atoms with Crippen LogP contribution >= 0.6 is 0 Å². The number of carbonyl (C=O) groups is 1. The summed E-state index contributed by atoms with van der Waals surface area (Å²) in [6, 6.07) is 11.9. The van der Waals surface area contributed by atoms with Gasteiger partial charge < -0.3 is 19.7 Å². The van der Waals surface area contributed by atoms with Crippen LogP contribution in [-0.2, 0) is 12.0 Å². The summed E-state index contributed by atoms with van der Waals surface area (Å²) in [6.45, 7) is 8.09. The second-order valence-corrected chi connectivity index (χ2v) is 7.48. The van der Waals surface area contributed by atoms with Crippen LogP contribution in [0.2, 0.25) is 0 Å². The fraction of sp³-hybridized carbons (Fsp3) is 0.286. The molecule has 0 saturated carbocycles. The van der Waals surface area contributed by atoms with Gasteiger partial charge in [0.15, 0.2) is 6.61 Å². The van der Waals surface area contributed by atoms with E-state index in [0.717, 1.165) is 5.56 Å². The van der Waals surface area contributed by atoms with E-state index in [4.69, 9.17) is 9.26 Å². The number of aromatic nitrogens is 2. The zero-order valence-corrected chi connectivity index (χ0v) is 16.3. The summed E-state index contributed by atoms with van der Waals surface area (Å²) in [6.07, 6.45) is 0. The van der Waals surface area contributed by atoms with Gasteiger partial charge in [0.25, 0.3) is 5.91 Å². The van der Waals surface area contributed by atoms with Gasteiger partial charge in [-0.2, -0.15) is 4.98 Å². The third-order valence-electron chi connectivity index (χ3n) is 4.16. The first-order chi connectivity index (χ1) is 13.2. The first kappa shape index (κ1) is 19.4. The van der Waals surface area contributed by atoms with Crippen molar-refractivity contribution in [3.8, 4) is 11.5 Å². The SMILES string of the molecule is Cc1nc(COc2ccc(C(=O)Nc3cc(C(C)(C)C)ccc3O)cc2)no1. The second kappa shape index (κ2) is 7.72. The summed E-state index contributed by atoms with van der Waals surface area (Å²) < 4.78 is 10.5. The molecule has 3 aromatic rings. The molecule has 1 aromatic heterocycles. The molecule has 0 aliphatic heterocycles. The third-order valence-corrected chi connectivity index (χ3v) is 4.16. The molecule has 0 fully saturated rings. The third kappa shape index (κ3) is 4.68. The van der Waals surface area contributed by atoms with Gasteiger partial charge in [-0.15, -0.1) is 0 Å². The van der Waals surface area contributed by atoms with Gasteiger partial charge in [0.1, 0.15) is 11.5 Å². The van der Waals surface area contributed by atoms with Gasteiger partial charge >= 0.3 is 0 Å². The van der Waals surface area contributed by atoms with E-state index in [1.165, 1.54) is 0 Å². The van der Waals surface area contributed by atoms with Crippen molar-refractivity contribution in [1.29, 1.82) is 0 Å². The Morgan fingerprint density at radius 2 is 1.89 bits per heavy atom. The average molecular weight is 381 g/mol. The van der Waals surface area contributed by atoms with Gasteiger partial charge in [-0.1, -0.05) is 32.0 Å². The summed E-state index contributed by atoms with van der Waals surface area (Å²) in [4.78, 5) is 16.6. The molecule has 7 nitrogen and oxygen atoms in total. The molecular weight excluding hydrogens is 358 g/mol. The van der Waals surface area contributed by atoms with Gasteiger partial charge in [0, 0.05) is 12.5 Å². The number of phenolic OH excluding ortho intramolecular Hbond substituents is 1. The molecule has 0 atom stereocenters. The van der Waals surface area contributed by atoms with Gasteiger partial charge in [-0.3, -0.25) is 4.79 Å². The van der Waals surface area contributed by atoms with Crippen LogP contribution in [-0.4, -0.2) is 21.2 Å². The summed E-state index contributed by atoms with van der Waals surface area (Å²) in [5, 5.41) is 16.6. The van der Waals surface area contributed by atoms with Crippen molar-refractivity contribution < 1.29 is 19.2 Å². The van der Waals surface area contributed by atoms with E-state index >= 15 is 0 Å². The highest BCUT2D eigenvalue weighted by molar-refractivity contribution is 6.05. The van der Waals surface area contributed by atoms with Crippen LogP contribution in [0, 0.1) is 6.92 Å². The highest BCUT2D eigenvalue weighted by Crippen LogP contribution is 2.31. The maximum Gasteiger partial charge on any atom is 0.255 e. The highest BCUT2D eigenvalue weighted by Gasteiger charge is 2.17. The lowest BCUT2D eigenvalue weighted by Crippen LogP contribution is -2.15. The molecule has 0 bridgehead atoms. The number of carbonyl (C=O) groups excluding carboxylic acids is 1. The van der Waals surface area contributed by atoms with E-state index in [1.54, 1.807) is 43.3 Å². The Kier molecular flexibility index (Phi) is 5.35. The lowest BCUT2D eigenvalue weighted by Gasteiger charge is -2.20. The molecule has 0 aliphatic carbocycles. The summed E-state index contributed by atoms with van der Waals surface area (Å²) in [5.74, 6) is 1.22. The fourth-order valence-corrected chi connectivity index (χ4v) is 2.55. The molecular formula is C21H23N3O4. The number of hydrogen-bond donors (Lipinski definition) is 2. The second-order valence-electron chi connectivity index (χ2n) is 7.48. The van der Waals surface area contributed by atoms with Gasteiger partial charge in [-0.25, -0.2) is 0 Å². The van der Waals surface area contributed by atoms with Crippen LogP contribution in [0.4, 0.5) is 5.69 Å². The number of nitrogens with zero attached hydrogens (tertiary/aromatic N) is 2. The quantitative estimate of drug-likeness (QED) is 0.643. The van der Waals surface area contributed by atoms with Crippen LogP contribution in [0.1, 0.15) is 48.4 Å². The molecule has 3 rings (SSSR count). The zero-order valence-electron chi connectivity index (χ0n) is 16.3. The lowest BCUT2D eigenvalue weighted by atomic mass is 9.87. The van der Waals surface area contributed by atoms with Crippen molar-refractivity contribution >= 4 is 11.6 Å². The molecule has 0 saturated heterocycles. The smallest absolute Gasteiger partial charge is 0.255 e. The normalized spacial score (nSPS) is 11.3. The Balaban J connectivity index is 1.66. The largest absolute Gasteiger partial charge is 0.506 e. The number of benzene rings is 2. The summed E-state index contributed by atoms with van der Waals surface area (Å²) in [7, 11) is 0. The van der Waals surface area contributed by atoms with E-state index < -0.39 is 0 Å². The topological polar surface area (TPSA) is 97.5 Å². The van der Waals surface area contributed by atoms with Crippen LogP contribution < -0.4 is 10.1 Å². The molecule has 2 aromatic carbocycles. The molecule has 1 amide bonds. The van der Waals surface area contributed by atoms with Gasteiger partial charge in [-0.05, 0) is 47.4 Å². The Bertz CT molecular complexity index is 972. The number of amides is 1. The predicted molar refractivity (Wildman–Crippen MR) is 105 cm³/mol. The monoisotopic (exact) mass is 381 g/mol. The van der Waals surface area contributed by atoms with Crippen LogP contribution in [0.5, 0.6) is 11.5 Å². The van der Waals surface area contributed by atoms with E-state index in [1.807, 2.05) is 6.07 Å². The number of ether oxygens (including phenoxy) is 1. The molecule has 0 spiro atoms. The Morgan fingerprint density at radius 3 is 2.50 bits per heavy atom. The number of aromatic hydroxyl groups is 1. The average Bonchev–Trinajstić information content (AvgIpc) is 3.06. The first-order valence-electron chi connectivity index (χ1n) is 8.89. The Morgan fingerprint density at radius 1 is 1.18 bits per heavy atom. The molecule has 28 heavy (non-hydrogen) atoms. The highest BCUT2D eigenvalue weighted by atomic mass is 16.5. The lowest BCUT2D eigenvalue weighted by molar-refractivity contribution is 0.102. The molecule has 7 heteroatoms. The molecule has 0 radical (unpaired) electrons. The van der Waals surface area contributed by atoms with Crippen LogP contribution in [0.3, 0.4) is 0 Å². The van der Waals surface area contributed by atoms with Crippen LogP contribution in [0.15, 0.2) is 47.0 Å². The first-order valence-corrected chi connectivity index (χ1v) is 8.89. The van der Waals surface area contributed by atoms with Crippen molar-refractivity contribution in [3.63, 3.8) is 0 Å². The van der Waals surface area contributed by atoms with E-state index in [0.29, 0.717) is 28.7 Å². The fourth-order valence-electron chi connectivity index (χ4n) is 2.55. The minimum atomic E-state index is -0.318. The van der Waals surface area contributed by atoms with E-state index in [9.17, 15) is 9.90 Å². The molecule has 146 valence electrons. The predicted octanol–water partition coefficient (Wildman–Crippen LogP) is 4.21. The van der Waals surface area contributed by atoms with Gasteiger partial charge in [0.05, 0.1) is 5.69 Å². The molecule has 1 heterocycles. The molecule has 0 unspecified atom stereocenters. The Hall–Kier alpha value is -3.35. The molecule has 2 N–H and O–H groups in total. The van der Waals surface area contributed by atoms with Crippen molar-refractivity contribution in [2.24, 2.45) is 0 Å². The van der Waals surface area contributed by atoms with Crippen molar-refractivity contribution in [2.75, 3.05) is 5.32 Å². The number of nitrogens with one attached hydrogen (secondary N) is 1.